The van der Waals surface area contributed by atoms with Crippen LogP contribution >= 0.6 is 0 Å². The van der Waals surface area contributed by atoms with Crippen LogP contribution in [0.3, 0.4) is 0 Å². The van der Waals surface area contributed by atoms with Crippen molar-refractivity contribution in [1.29, 1.82) is 0 Å². The zero-order valence-corrected chi connectivity index (χ0v) is 9.78. The molecule has 4 nitrogen and oxygen atoms in total. The molecule has 1 aliphatic rings. The van der Waals surface area contributed by atoms with Crippen LogP contribution in [0, 0.1) is 0 Å². The number of nitrogens with one attached hydrogen (secondary N) is 2. The van der Waals surface area contributed by atoms with Crippen molar-refractivity contribution in [3.63, 3.8) is 0 Å². The number of hydroxylamine groups is 1. The van der Waals surface area contributed by atoms with E-state index >= 15 is 0 Å². The summed E-state index contributed by atoms with van der Waals surface area (Å²) < 4.78 is 0. The second-order valence-corrected chi connectivity index (χ2v) is 4.56. The minimum Gasteiger partial charge on any atom is -0.346 e. The molecular weight excluding hydrogens is 214 g/mol. The molecule has 0 amide bonds. The number of hydrogen-bond acceptors (Lipinski definition) is 3. The SMILES string of the molecule is c1cnc2[nH]cc(CNOC3CCCC3)c2c1. The highest BCUT2D eigenvalue weighted by Gasteiger charge is 2.15. The van der Waals surface area contributed by atoms with Gasteiger partial charge in [-0.15, -0.1) is 0 Å². The number of aromatic nitrogens is 2. The van der Waals surface area contributed by atoms with Crippen LogP contribution in [-0.4, -0.2) is 16.1 Å². The van der Waals surface area contributed by atoms with Gasteiger partial charge in [-0.05, 0) is 30.5 Å². The molecule has 2 N–H and O–H groups in total. The third-order valence-corrected chi connectivity index (χ3v) is 3.35. The molecule has 0 aliphatic heterocycles. The first kappa shape index (κ1) is 10.7. The first-order chi connectivity index (χ1) is 8.43. The number of fused-ring (bicyclic) bond motifs is 1. The number of aromatic amines is 1. The summed E-state index contributed by atoms with van der Waals surface area (Å²) in [5.41, 5.74) is 5.21. The summed E-state index contributed by atoms with van der Waals surface area (Å²) in [7, 11) is 0. The summed E-state index contributed by atoms with van der Waals surface area (Å²) in [6.07, 6.45) is 9.14. The van der Waals surface area contributed by atoms with E-state index in [1.54, 1.807) is 6.20 Å². The Labute approximate surface area is 100 Å². The van der Waals surface area contributed by atoms with E-state index in [9.17, 15) is 0 Å². The van der Waals surface area contributed by atoms with Gasteiger partial charge in [-0.2, -0.15) is 5.48 Å². The van der Waals surface area contributed by atoms with E-state index in [1.807, 2.05) is 12.3 Å². The minimum atomic E-state index is 0.401. The maximum atomic E-state index is 5.64. The lowest BCUT2D eigenvalue weighted by Crippen LogP contribution is -2.21. The Kier molecular flexibility index (Phi) is 3.07. The molecule has 17 heavy (non-hydrogen) atoms. The third kappa shape index (κ3) is 2.33. The third-order valence-electron chi connectivity index (χ3n) is 3.35. The number of pyridine rings is 1. The second-order valence-electron chi connectivity index (χ2n) is 4.56. The van der Waals surface area contributed by atoms with E-state index in [2.05, 4.69) is 21.5 Å². The first-order valence-corrected chi connectivity index (χ1v) is 6.23. The molecule has 2 aromatic rings. The van der Waals surface area contributed by atoms with Gasteiger partial charge in [-0.3, -0.25) is 4.84 Å². The van der Waals surface area contributed by atoms with E-state index in [-0.39, 0.29) is 0 Å². The van der Waals surface area contributed by atoms with Crippen LogP contribution in [0.1, 0.15) is 31.2 Å². The van der Waals surface area contributed by atoms with Crippen molar-refractivity contribution in [1.82, 2.24) is 15.4 Å². The quantitative estimate of drug-likeness (QED) is 0.795. The van der Waals surface area contributed by atoms with E-state index in [0.29, 0.717) is 6.10 Å². The Morgan fingerprint density at radius 1 is 1.41 bits per heavy atom. The summed E-state index contributed by atoms with van der Waals surface area (Å²) in [5.74, 6) is 0. The Morgan fingerprint density at radius 2 is 2.29 bits per heavy atom. The molecular formula is C13H17N3O. The molecule has 0 bridgehead atoms. The fraction of sp³-hybridized carbons (Fsp3) is 0.462. The molecule has 1 saturated carbocycles. The Bertz CT molecular complexity index is 488. The number of rotatable bonds is 4. The molecule has 4 heteroatoms. The molecule has 0 radical (unpaired) electrons. The molecule has 0 spiro atoms. The van der Waals surface area contributed by atoms with Gasteiger partial charge in [0.1, 0.15) is 5.65 Å². The average molecular weight is 231 g/mol. The predicted octanol–water partition coefficient (Wildman–Crippen LogP) is 2.53. The minimum absolute atomic E-state index is 0.401. The molecule has 0 aromatic carbocycles. The van der Waals surface area contributed by atoms with Gasteiger partial charge in [0.2, 0.25) is 0 Å². The molecule has 0 atom stereocenters. The van der Waals surface area contributed by atoms with Crippen LogP contribution in [0.2, 0.25) is 0 Å². The van der Waals surface area contributed by atoms with Crippen LogP contribution in [0.15, 0.2) is 24.5 Å². The standard InChI is InChI=1S/C13H17N3O/c1-2-5-11(4-1)17-16-9-10-8-15-13-12(10)6-3-7-14-13/h3,6-8,11,16H,1-2,4-5,9H2,(H,14,15). The van der Waals surface area contributed by atoms with Crippen molar-refractivity contribution >= 4 is 11.0 Å². The van der Waals surface area contributed by atoms with Gasteiger partial charge in [0, 0.05) is 24.3 Å². The van der Waals surface area contributed by atoms with Gasteiger partial charge in [0.25, 0.3) is 0 Å². The van der Waals surface area contributed by atoms with Crippen LogP contribution in [-0.2, 0) is 11.4 Å². The van der Waals surface area contributed by atoms with Crippen LogP contribution in [0.5, 0.6) is 0 Å². The van der Waals surface area contributed by atoms with Crippen molar-refractivity contribution in [3.05, 3.63) is 30.1 Å². The van der Waals surface area contributed by atoms with Crippen molar-refractivity contribution in [2.24, 2.45) is 0 Å². The zero-order valence-electron chi connectivity index (χ0n) is 9.78. The Hall–Kier alpha value is -1.39. The number of nitrogens with zero attached hydrogens (tertiary/aromatic N) is 1. The lowest BCUT2D eigenvalue weighted by molar-refractivity contribution is -0.0242. The fourth-order valence-electron chi connectivity index (χ4n) is 2.40. The Balaban J connectivity index is 1.60. The molecule has 0 saturated heterocycles. The highest BCUT2D eigenvalue weighted by atomic mass is 16.7. The summed E-state index contributed by atoms with van der Waals surface area (Å²) in [6.45, 7) is 0.724. The lowest BCUT2D eigenvalue weighted by Gasteiger charge is -2.10. The van der Waals surface area contributed by atoms with E-state index in [0.717, 1.165) is 17.6 Å². The van der Waals surface area contributed by atoms with Crippen molar-refractivity contribution in [2.75, 3.05) is 0 Å². The van der Waals surface area contributed by atoms with Gasteiger partial charge < -0.3 is 4.98 Å². The topological polar surface area (TPSA) is 49.9 Å². The maximum Gasteiger partial charge on any atom is 0.137 e. The fourth-order valence-corrected chi connectivity index (χ4v) is 2.40. The second kappa shape index (κ2) is 4.85. The summed E-state index contributed by atoms with van der Waals surface area (Å²) >= 11 is 0. The first-order valence-electron chi connectivity index (χ1n) is 6.23. The largest absolute Gasteiger partial charge is 0.346 e. The highest BCUT2D eigenvalue weighted by molar-refractivity contribution is 5.79. The van der Waals surface area contributed by atoms with Crippen molar-refractivity contribution < 1.29 is 4.84 Å². The predicted molar refractivity (Wildman–Crippen MR) is 66.3 cm³/mol. The van der Waals surface area contributed by atoms with Gasteiger partial charge in [0.05, 0.1) is 6.10 Å². The van der Waals surface area contributed by atoms with Gasteiger partial charge in [-0.25, -0.2) is 4.98 Å². The van der Waals surface area contributed by atoms with Crippen LogP contribution in [0.4, 0.5) is 0 Å². The number of hydrogen-bond donors (Lipinski definition) is 2. The monoisotopic (exact) mass is 231 g/mol. The molecule has 2 heterocycles. The van der Waals surface area contributed by atoms with E-state index in [4.69, 9.17) is 4.84 Å². The molecule has 1 aliphatic carbocycles. The summed E-state index contributed by atoms with van der Waals surface area (Å²) in [6, 6.07) is 4.03. The smallest absolute Gasteiger partial charge is 0.137 e. The van der Waals surface area contributed by atoms with Crippen LogP contribution in [0.25, 0.3) is 11.0 Å². The van der Waals surface area contributed by atoms with Crippen molar-refractivity contribution in [2.45, 2.75) is 38.3 Å². The van der Waals surface area contributed by atoms with E-state index in [1.165, 1.54) is 31.2 Å². The maximum absolute atomic E-state index is 5.64. The molecule has 1 fully saturated rings. The van der Waals surface area contributed by atoms with Gasteiger partial charge >= 0.3 is 0 Å². The molecule has 90 valence electrons. The highest BCUT2D eigenvalue weighted by Crippen LogP contribution is 2.20. The molecule has 2 aromatic heterocycles. The lowest BCUT2D eigenvalue weighted by atomic mass is 10.2. The normalized spacial score (nSPS) is 16.9. The average Bonchev–Trinajstić information content (AvgIpc) is 2.99. The summed E-state index contributed by atoms with van der Waals surface area (Å²) in [4.78, 5) is 13.1. The molecule has 3 rings (SSSR count). The summed E-state index contributed by atoms with van der Waals surface area (Å²) in [5, 5.41) is 1.16. The zero-order chi connectivity index (χ0) is 11.5. The van der Waals surface area contributed by atoms with E-state index < -0.39 is 0 Å². The van der Waals surface area contributed by atoms with Crippen molar-refractivity contribution in [3.8, 4) is 0 Å². The Morgan fingerprint density at radius 3 is 3.18 bits per heavy atom. The van der Waals surface area contributed by atoms with Crippen LogP contribution < -0.4 is 5.48 Å². The van der Waals surface area contributed by atoms with Gasteiger partial charge in [0.15, 0.2) is 0 Å². The molecule has 0 unspecified atom stereocenters. The van der Waals surface area contributed by atoms with Gasteiger partial charge in [-0.1, -0.05) is 12.8 Å². The number of H-pyrrole nitrogens is 1.